The van der Waals surface area contributed by atoms with Gasteiger partial charge in [-0.2, -0.15) is 0 Å². The van der Waals surface area contributed by atoms with Crippen LogP contribution in [0.2, 0.25) is 45.3 Å². The highest BCUT2D eigenvalue weighted by atomic mass is 28.4. The first kappa shape index (κ1) is 45.4. The van der Waals surface area contributed by atoms with E-state index in [4.69, 9.17) is 9.16 Å². The summed E-state index contributed by atoms with van der Waals surface area (Å²) >= 11 is 0. The first-order valence-corrected chi connectivity index (χ1v) is 27.0. The molecule has 5 atom stereocenters. The van der Waals surface area contributed by atoms with Gasteiger partial charge in [-0.25, -0.2) is 0 Å². The van der Waals surface area contributed by atoms with Gasteiger partial charge in [0.25, 0.3) is 0 Å². The Morgan fingerprint density at radius 3 is 1.64 bits per heavy atom. The molecule has 1 saturated heterocycles. The standard InChI is InChI=1S/C29H60O2Si2.2C6H14/c1-12-13-14-18-28(4,21-27(2,3)23-32(6,7)8)22-29(5,31-33(9,10)11)19-17-24-15-16-25-26(20-24)30-25;2*1-4-6(3)5-2/h24-26H,12-23H2,1-11H3;2*6H,4-5H2,1-3H3. The van der Waals surface area contributed by atoms with Gasteiger partial charge in [0.15, 0.2) is 8.32 Å². The third kappa shape index (κ3) is 22.6. The van der Waals surface area contributed by atoms with Gasteiger partial charge in [0.2, 0.25) is 0 Å². The van der Waals surface area contributed by atoms with Crippen molar-refractivity contribution >= 4 is 16.4 Å². The molecule has 1 saturated carbocycles. The summed E-state index contributed by atoms with van der Waals surface area (Å²) in [4.78, 5) is 0. The second-order valence-corrected chi connectivity index (χ2v) is 29.4. The van der Waals surface area contributed by atoms with Gasteiger partial charge in [0.1, 0.15) is 0 Å². The van der Waals surface area contributed by atoms with E-state index in [1.165, 1.54) is 102 Å². The lowest BCUT2D eigenvalue weighted by molar-refractivity contribution is -0.00368. The van der Waals surface area contributed by atoms with E-state index in [1.54, 1.807) is 0 Å². The van der Waals surface area contributed by atoms with Crippen molar-refractivity contribution in [3.05, 3.63) is 0 Å². The number of epoxide rings is 1. The molecule has 1 aliphatic heterocycles. The van der Waals surface area contributed by atoms with Crippen molar-refractivity contribution in [3.63, 3.8) is 0 Å². The first-order chi connectivity index (χ1) is 20.5. The average Bonchev–Trinajstić information content (AvgIpc) is 3.68. The smallest absolute Gasteiger partial charge is 0.184 e. The summed E-state index contributed by atoms with van der Waals surface area (Å²) < 4.78 is 12.9. The van der Waals surface area contributed by atoms with Crippen LogP contribution in [-0.2, 0) is 9.16 Å². The molecule has 1 aliphatic carbocycles. The van der Waals surface area contributed by atoms with Crippen molar-refractivity contribution in [2.45, 2.75) is 236 Å². The van der Waals surface area contributed by atoms with Crippen molar-refractivity contribution in [1.82, 2.24) is 0 Å². The molecule has 0 aromatic carbocycles. The zero-order valence-corrected chi connectivity index (χ0v) is 36.5. The zero-order valence-electron chi connectivity index (χ0n) is 34.5. The van der Waals surface area contributed by atoms with Gasteiger partial charge in [-0.15, -0.1) is 0 Å². The summed E-state index contributed by atoms with van der Waals surface area (Å²) in [5.41, 5.74) is 0.763. The monoisotopic (exact) mass is 669 g/mol. The largest absolute Gasteiger partial charge is 0.412 e. The summed E-state index contributed by atoms with van der Waals surface area (Å²) in [6.45, 7) is 40.8. The van der Waals surface area contributed by atoms with E-state index in [0.717, 1.165) is 17.8 Å². The molecular weight excluding hydrogens is 581 g/mol. The molecule has 5 unspecified atom stereocenters. The fourth-order valence-corrected chi connectivity index (χ4v) is 13.0. The van der Waals surface area contributed by atoms with Crippen LogP contribution in [0, 0.1) is 28.6 Å². The molecule has 0 N–H and O–H groups in total. The lowest BCUT2D eigenvalue weighted by Gasteiger charge is -2.47. The number of fused-ring (bicyclic) bond motifs is 1. The van der Waals surface area contributed by atoms with Crippen molar-refractivity contribution < 1.29 is 9.16 Å². The number of rotatable bonds is 19. The van der Waals surface area contributed by atoms with E-state index in [-0.39, 0.29) is 5.60 Å². The molecule has 45 heavy (non-hydrogen) atoms. The Balaban J connectivity index is 0.00000136. The van der Waals surface area contributed by atoms with Gasteiger partial charge in [0, 0.05) is 8.07 Å². The predicted molar refractivity (Wildman–Crippen MR) is 211 cm³/mol. The lowest BCUT2D eigenvalue weighted by Crippen LogP contribution is -2.45. The summed E-state index contributed by atoms with van der Waals surface area (Å²) in [7, 11) is -2.74. The molecule has 0 spiro atoms. The van der Waals surface area contributed by atoms with Crippen LogP contribution in [0.25, 0.3) is 0 Å². The Hall–Kier alpha value is 0.354. The minimum absolute atomic E-state index is 0.00192. The van der Waals surface area contributed by atoms with Gasteiger partial charge in [-0.05, 0) is 107 Å². The topological polar surface area (TPSA) is 21.8 Å². The van der Waals surface area contributed by atoms with Gasteiger partial charge in [0.05, 0.1) is 17.8 Å². The molecule has 0 bridgehead atoms. The number of unbranched alkanes of at least 4 members (excludes halogenated alkanes) is 2. The molecule has 2 fully saturated rings. The van der Waals surface area contributed by atoms with Crippen molar-refractivity contribution in [2.24, 2.45) is 28.6 Å². The normalized spacial score (nSPS) is 22.9. The highest BCUT2D eigenvalue weighted by molar-refractivity contribution is 6.76. The van der Waals surface area contributed by atoms with E-state index < -0.39 is 16.4 Å². The zero-order chi connectivity index (χ0) is 35.1. The van der Waals surface area contributed by atoms with Crippen LogP contribution in [0.1, 0.15) is 172 Å². The number of hydrogen-bond acceptors (Lipinski definition) is 2. The summed E-state index contributed by atoms with van der Waals surface area (Å²) in [5.74, 6) is 2.71. The molecular formula is C41H88O2Si2. The van der Waals surface area contributed by atoms with E-state index in [9.17, 15) is 0 Å². The van der Waals surface area contributed by atoms with Crippen molar-refractivity contribution in [3.8, 4) is 0 Å². The van der Waals surface area contributed by atoms with Crippen molar-refractivity contribution in [2.75, 3.05) is 0 Å². The molecule has 0 radical (unpaired) electrons. The van der Waals surface area contributed by atoms with Crippen molar-refractivity contribution in [1.29, 1.82) is 0 Å². The molecule has 0 aromatic rings. The lowest BCUT2D eigenvalue weighted by atomic mass is 9.66. The van der Waals surface area contributed by atoms with Crippen LogP contribution in [0.5, 0.6) is 0 Å². The second-order valence-electron chi connectivity index (χ2n) is 19.5. The molecule has 0 amide bonds. The Kier molecular flexibility index (Phi) is 20.9. The minimum Gasteiger partial charge on any atom is -0.412 e. The molecule has 4 heteroatoms. The molecule has 1 heterocycles. The van der Waals surface area contributed by atoms with Crippen LogP contribution in [0.3, 0.4) is 0 Å². The first-order valence-electron chi connectivity index (χ1n) is 19.9. The maximum absolute atomic E-state index is 7.09. The molecule has 2 rings (SSSR count). The third-order valence-corrected chi connectivity index (χ3v) is 13.8. The highest BCUT2D eigenvalue weighted by Crippen LogP contribution is 2.49. The maximum Gasteiger partial charge on any atom is 0.184 e. The maximum atomic E-state index is 7.09. The van der Waals surface area contributed by atoms with Crippen LogP contribution < -0.4 is 0 Å². The van der Waals surface area contributed by atoms with Crippen LogP contribution in [0.4, 0.5) is 0 Å². The summed E-state index contributed by atoms with van der Waals surface area (Å²) in [6.07, 6.45) is 20.9. The average molecular weight is 669 g/mol. The molecule has 0 aromatic heterocycles. The SMILES string of the molecule is CCC(C)CC.CCC(C)CC.CCCCCC(C)(CC(C)(C)C[Si](C)(C)C)CC(C)(CCC1CCC2OC2C1)O[Si](C)(C)C. The predicted octanol–water partition coefficient (Wildman–Crippen LogP) is 14.6. The quantitative estimate of drug-likeness (QED) is 0.0776. The summed E-state index contributed by atoms with van der Waals surface area (Å²) in [5, 5.41) is 0. The Bertz CT molecular complexity index is 736. The minimum atomic E-state index is -1.64. The fraction of sp³-hybridized carbons (Fsp3) is 1.00. The van der Waals surface area contributed by atoms with Crippen LogP contribution in [-0.4, -0.2) is 34.2 Å². The van der Waals surface area contributed by atoms with Gasteiger partial charge >= 0.3 is 0 Å². The van der Waals surface area contributed by atoms with Gasteiger partial charge < -0.3 is 9.16 Å². The second kappa shape index (κ2) is 20.8. The summed E-state index contributed by atoms with van der Waals surface area (Å²) in [6, 6.07) is 1.42. The van der Waals surface area contributed by atoms with E-state index in [2.05, 4.69) is 115 Å². The van der Waals surface area contributed by atoms with Crippen LogP contribution >= 0.6 is 0 Å². The number of hydrogen-bond donors (Lipinski definition) is 0. The van der Waals surface area contributed by atoms with Gasteiger partial charge in [-0.3, -0.25) is 0 Å². The number of ether oxygens (including phenoxy) is 1. The highest BCUT2D eigenvalue weighted by Gasteiger charge is 2.45. The third-order valence-electron chi connectivity index (χ3n) is 10.6. The van der Waals surface area contributed by atoms with Crippen LogP contribution in [0.15, 0.2) is 0 Å². The van der Waals surface area contributed by atoms with Gasteiger partial charge in [-0.1, -0.05) is 140 Å². The molecule has 2 nitrogen and oxygen atoms in total. The Morgan fingerprint density at radius 1 is 0.711 bits per heavy atom. The fourth-order valence-electron chi connectivity index (χ4n) is 8.35. The van der Waals surface area contributed by atoms with E-state index >= 15 is 0 Å². The van der Waals surface area contributed by atoms with E-state index in [1.807, 2.05) is 0 Å². The Labute approximate surface area is 288 Å². The Morgan fingerprint density at radius 2 is 1.24 bits per heavy atom. The molecule has 272 valence electrons. The van der Waals surface area contributed by atoms with E-state index in [0.29, 0.717) is 23.0 Å². The molecule has 2 aliphatic rings.